The van der Waals surface area contributed by atoms with E-state index in [1.165, 1.54) is 6.42 Å². The molecule has 21 heavy (non-hydrogen) atoms. The summed E-state index contributed by atoms with van der Waals surface area (Å²) < 4.78 is 0. The third kappa shape index (κ3) is 3.43. The summed E-state index contributed by atoms with van der Waals surface area (Å²) in [6, 6.07) is 2.00. The van der Waals surface area contributed by atoms with Crippen molar-refractivity contribution in [2.45, 2.75) is 33.2 Å². The van der Waals surface area contributed by atoms with E-state index in [9.17, 15) is 4.79 Å². The highest BCUT2D eigenvalue weighted by atomic mass is 16.2. The van der Waals surface area contributed by atoms with Crippen LogP contribution in [-0.2, 0) is 0 Å². The first kappa shape index (κ1) is 15.5. The Morgan fingerprint density at radius 3 is 2.95 bits per heavy atom. The Bertz CT molecular complexity index is 573. The minimum Gasteiger partial charge on any atom is -0.335 e. The Hall–Kier alpha value is -1.86. The van der Waals surface area contributed by atoms with Crippen LogP contribution in [0.25, 0.3) is 0 Å². The summed E-state index contributed by atoms with van der Waals surface area (Å²) in [6.07, 6.45) is 4.45. The molecule has 3 atom stereocenters. The summed E-state index contributed by atoms with van der Waals surface area (Å²) >= 11 is 0. The third-order valence-corrected chi connectivity index (χ3v) is 4.24. The van der Waals surface area contributed by atoms with E-state index < -0.39 is 0 Å². The van der Waals surface area contributed by atoms with Crippen LogP contribution in [0.2, 0.25) is 0 Å². The molecule has 1 aromatic rings. The molecule has 4 nitrogen and oxygen atoms in total. The average Bonchev–Trinajstić information content (AvgIpc) is 2.48. The van der Waals surface area contributed by atoms with Gasteiger partial charge in [0, 0.05) is 25.0 Å². The monoisotopic (exact) mass is 285 g/mol. The molecular weight excluding hydrogens is 262 g/mol. The second kappa shape index (κ2) is 6.73. The lowest BCUT2D eigenvalue weighted by molar-refractivity contribution is 0.0455. The van der Waals surface area contributed by atoms with Gasteiger partial charge in [-0.25, -0.2) is 0 Å². The van der Waals surface area contributed by atoms with Gasteiger partial charge in [0.15, 0.2) is 0 Å². The van der Waals surface area contributed by atoms with E-state index in [0.717, 1.165) is 6.54 Å². The van der Waals surface area contributed by atoms with Crippen LogP contribution in [0.4, 0.5) is 0 Å². The van der Waals surface area contributed by atoms with Crippen LogP contribution in [0.15, 0.2) is 18.5 Å². The number of amides is 1. The molecule has 1 aliphatic heterocycles. The molecule has 0 bridgehead atoms. The minimum atomic E-state index is 0.0459. The topological polar surface area (TPSA) is 59.2 Å². The molecule has 112 valence electrons. The molecule has 1 amide bonds. The molecule has 0 radical (unpaired) electrons. The van der Waals surface area contributed by atoms with Crippen molar-refractivity contribution < 1.29 is 4.79 Å². The number of rotatable bonds is 1. The summed E-state index contributed by atoms with van der Waals surface area (Å²) in [7, 11) is 0. The van der Waals surface area contributed by atoms with Crippen LogP contribution < -0.4 is 5.73 Å². The maximum absolute atomic E-state index is 12.9. The van der Waals surface area contributed by atoms with Crippen molar-refractivity contribution in [1.82, 2.24) is 9.88 Å². The van der Waals surface area contributed by atoms with Crippen molar-refractivity contribution in [2.24, 2.45) is 17.6 Å². The Labute approximate surface area is 126 Å². The second-order valence-corrected chi connectivity index (χ2v) is 5.94. The number of carbonyl (C=O) groups excluding carboxylic acids is 1. The van der Waals surface area contributed by atoms with E-state index in [2.05, 4.69) is 37.6 Å². The number of carbonyl (C=O) groups is 1. The van der Waals surface area contributed by atoms with Gasteiger partial charge in [-0.05, 0) is 31.2 Å². The number of aromatic nitrogens is 1. The van der Waals surface area contributed by atoms with Crippen molar-refractivity contribution in [2.75, 3.05) is 13.1 Å². The summed E-state index contributed by atoms with van der Waals surface area (Å²) in [4.78, 5) is 18.9. The van der Waals surface area contributed by atoms with Gasteiger partial charge in [0.25, 0.3) is 5.91 Å². The molecule has 0 spiro atoms. The first-order valence-corrected chi connectivity index (χ1v) is 7.48. The lowest BCUT2D eigenvalue weighted by atomic mass is 9.85. The fourth-order valence-corrected chi connectivity index (χ4v) is 2.96. The first-order chi connectivity index (χ1) is 10.0. The van der Waals surface area contributed by atoms with Gasteiger partial charge < -0.3 is 10.6 Å². The van der Waals surface area contributed by atoms with Crippen LogP contribution in [0.3, 0.4) is 0 Å². The maximum Gasteiger partial charge on any atom is 0.255 e. The molecule has 4 heteroatoms. The van der Waals surface area contributed by atoms with E-state index in [-0.39, 0.29) is 18.5 Å². The van der Waals surface area contributed by atoms with E-state index in [0.29, 0.717) is 23.0 Å². The largest absolute Gasteiger partial charge is 0.335 e. The van der Waals surface area contributed by atoms with Crippen molar-refractivity contribution in [3.05, 3.63) is 29.6 Å². The molecule has 0 saturated carbocycles. The number of hydrogen-bond donors (Lipinski definition) is 1. The van der Waals surface area contributed by atoms with E-state index in [1.807, 2.05) is 4.90 Å². The van der Waals surface area contributed by atoms with Crippen molar-refractivity contribution >= 4 is 5.91 Å². The number of nitrogens with zero attached hydrogens (tertiary/aromatic N) is 2. The van der Waals surface area contributed by atoms with Gasteiger partial charge in [0.1, 0.15) is 0 Å². The Balaban J connectivity index is 2.31. The summed E-state index contributed by atoms with van der Waals surface area (Å²) in [5.41, 5.74) is 6.70. The zero-order chi connectivity index (χ0) is 15.4. The van der Waals surface area contributed by atoms with Gasteiger partial charge in [-0.3, -0.25) is 9.78 Å². The Morgan fingerprint density at radius 1 is 1.48 bits per heavy atom. The standard InChI is InChI=1S/C17H23N3O/c1-12-9-13(2)14(3)20(11-12)17(21)16-6-8-19-10-15(16)5-4-7-18/h6,8,10,12-14H,7,9,11,18H2,1-3H3. The van der Waals surface area contributed by atoms with Gasteiger partial charge in [0.05, 0.1) is 17.7 Å². The molecule has 1 aliphatic rings. The number of pyridine rings is 1. The van der Waals surface area contributed by atoms with Crippen LogP contribution in [0.1, 0.15) is 43.1 Å². The predicted molar refractivity (Wildman–Crippen MR) is 83.6 cm³/mol. The summed E-state index contributed by atoms with van der Waals surface area (Å²) in [6.45, 7) is 7.61. The highest BCUT2D eigenvalue weighted by Crippen LogP contribution is 2.28. The molecule has 3 unspecified atom stereocenters. The van der Waals surface area contributed by atoms with Gasteiger partial charge in [0.2, 0.25) is 0 Å². The van der Waals surface area contributed by atoms with Crippen LogP contribution >= 0.6 is 0 Å². The molecule has 2 N–H and O–H groups in total. The quantitative estimate of drug-likeness (QED) is 0.802. The normalized spacial score (nSPS) is 25.1. The van der Waals surface area contributed by atoms with E-state index >= 15 is 0 Å². The van der Waals surface area contributed by atoms with Crippen molar-refractivity contribution in [3.8, 4) is 11.8 Å². The second-order valence-electron chi connectivity index (χ2n) is 5.94. The van der Waals surface area contributed by atoms with Gasteiger partial charge in [-0.1, -0.05) is 25.7 Å². The number of piperidine rings is 1. The van der Waals surface area contributed by atoms with Gasteiger partial charge >= 0.3 is 0 Å². The minimum absolute atomic E-state index is 0.0459. The predicted octanol–water partition coefficient (Wildman–Crippen LogP) is 1.90. The average molecular weight is 285 g/mol. The SMILES string of the molecule is CC1CC(C)C(C)N(C(=O)c2ccncc2C#CCN)C1. The van der Waals surface area contributed by atoms with Crippen LogP contribution in [0.5, 0.6) is 0 Å². The zero-order valence-corrected chi connectivity index (χ0v) is 13.0. The van der Waals surface area contributed by atoms with Crippen molar-refractivity contribution in [1.29, 1.82) is 0 Å². The fourth-order valence-electron chi connectivity index (χ4n) is 2.96. The Kier molecular flexibility index (Phi) is 4.98. The number of nitrogens with two attached hydrogens (primary N) is 1. The molecule has 0 aromatic carbocycles. The molecule has 1 saturated heterocycles. The number of hydrogen-bond acceptors (Lipinski definition) is 3. The summed E-state index contributed by atoms with van der Waals surface area (Å²) in [5.74, 6) is 6.83. The van der Waals surface area contributed by atoms with Gasteiger partial charge in [-0.15, -0.1) is 0 Å². The molecule has 1 fully saturated rings. The van der Waals surface area contributed by atoms with E-state index in [4.69, 9.17) is 5.73 Å². The fraction of sp³-hybridized carbons (Fsp3) is 0.529. The van der Waals surface area contributed by atoms with Crippen LogP contribution in [0, 0.1) is 23.7 Å². The van der Waals surface area contributed by atoms with E-state index in [1.54, 1.807) is 18.5 Å². The summed E-state index contributed by atoms with van der Waals surface area (Å²) in [5, 5.41) is 0. The Morgan fingerprint density at radius 2 is 2.24 bits per heavy atom. The van der Waals surface area contributed by atoms with Crippen LogP contribution in [-0.4, -0.2) is 34.9 Å². The van der Waals surface area contributed by atoms with Gasteiger partial charge in [-0.2, -0.15) is 0 Å². The lowest BCUT2D eigenvalue weighted by Gasteiger charge is -2.41. The smallest absolute Gasteiger partial charge is 0.255 e. The maximum atomic E-state index is 12.9. The lowest BCUT2D eigenvalue weighted by Crippen LogP contribution is -2.49. The first-order valence-electron chi connectivity index (χ1n) is 7.48. The third-order valence-electron chi connectivity index (χ3n) is 4.24. The highest BCUT2D eigenvalue weighted by molar-refractivity contribution is 5.96. The highest BCUT2D eigenvalue weighted by Gasteiger charge is 2.32. The molecule has 1 aromatic heterocycles. The molecule has 2 rings (SSSR count). The molecular formula is C17H23N3O. The molecule has 0 aliphatic carbocycles. The number of likely N-dealkylation sites (tertiary alicyclic amines) is 1. The molecule has 2 heterocycles. The zero-order valence-electron chi connectivity index (χ0n) is 13.0. The van der Waals surface area contributed by atoms with Crippen molar-refractivity contribution in [3.63, 3.8) is 0 Å².